The summed E-state index contributed by atoms with van der Waals surface area (Å²) in [7, 11) is 3.44. The highest BCUT2D eigenvalue weighted by atomic mass is 16.5. The van der Waals surface area contributed by atoms with Gasteiger partial charge in [-0.25, -0.2) is 0 Å². The topological polar surface area (TPSA) is 18.5 Å². The van der Waals surface area contributed by atoms with Crippen molar-refractivity contribution in [3.8, 4) is 22.6 Å². The lowest BCUT2D eigenvalue weighted by atomic mass is 9.96. The van der Waals surface area contributed by atoms with Gasteiger partial charge in [0.05, 0.1) is 14.2 Å². The lowest BCUT2D eigenvalue weighted by Crippen LogP contribution is -1.94. The van der Waals surface area contributed by atoms with Gasteiger partial charge < -0.3 is 9.47 Å². The highest BCUT2D eigenvalue weighted by molar-refractivity contribution is 5.70. The Morgan fingerprint density at radius 3 is 1.00 bits per heavy atom. The summed E-state index contributed by atoms with van der Waals surface area (Å²) in [5.41, 5.74) is 7.08. The minimum absolute atomic E-state index is 0.968. The number of methoxy groups -OCH3 is 2. The van der Waals surface area contributed by atoms with Crippen molar-refractivity contribution in [1.82, 2.24) is 0 Å². The van der Waals surface area contributed by atoms with Crippen molar-refractivity contribution in [2.45, 2.75) is 27.7 Å². The van der Waals surface area contributed by atoms with Gasteiger partial charge in [0.25, 0.3) is 0 Å². The highest BCUT2D eigenvalue weighted by Gasteiger charge is 2.10. The van der Waals surface area contributed by atoms with Crippen molar-refractivity contribution >= 4 is 0 Å². The van der Waals surface area contributed by atoms with E-state index in [0.29, 0.717) is 0 Å². The maximum atomic E-state index is 5.43. The van der Waals surface area contributed by atoms with Crippen LogP contribution in [0.25, 0.3) is 11.1 Å². The van der Waals surface area contributed by atoms with E-state index in [0.717, 1.165) is 33.8 Å². The summed E-state index contributed by atoms with van der Waals surface area (Å²) >= 11 is 0. The van der Waals surface area contributed by atoms with Crippen LogP contribution < -0.4 is 9.47 Å². The molecule has 106 valence electrons. The zero-order valence-corrected chi connectivity index (χ0v) is 13.1. The normalized spacial score (nSPS) is 10.5. The first-order valence-corrected chi connectivity index (χ1v) is 6.78. The van der Waals surface area contributed by atoms with Crippen LogP contribution in [0.1, 0.15) is 22.3 Å². The van der Waals surface area contributed by atoms with Crippen LogP contribution in [0.2, 0.25) is 0 Å². The molecule has 20 heavy (non-hydrogen) atoms. The maximum Gasteiger partial charge on any atom is 0.124 e. The average Bonchev–Trinajstić information content (AvgIpc) is 2.37. The highest BCUT2D eigenvalue weighted by Crippen LogP contribution is 2.33. The number of hydrogen-bond donors (Lipinski definition) is 0. The van der Waals surface area contributed by atoms with Gasteiger partial charge in [-0.1, -0.05) is 0 Å². The van der Waals surface area contributed by atoms with Crippen molar-refractivity contribution in [3.05, 3.63) is 46.5 Å². The number of benzene rings is 2. The average molecular weight is 270 g/mol. The van der Waals surface area contributed by atoms with Crippen LogP contribution in [0.5, 0.6) is 11.5 Å². The van der Waals surface area contributed by atoms with Crippen LogP contribution in [-0.4, -0.2) is 14.2 Å². The third-order valence-corrected chi connectivity index (χ3v) is 3.66. The third-order valence-electron chi connectivity index (χ3n) is 3.66. The molecule has 0 amide bonds. The predicted molar refractivity (Wildman–Crippen MR) is 83.9 cm³/mol. The summed E-state index contributed by atoms with van der Waals surface area (Å²) in [5, 5.41) is 0. The van der Waals surface area contributed by atoms with Gasteiger partial charge in [0.15, 0.2) is 0 Å². The lowest BCUT2D eigenvalue weighted by molar-refractivity contribution is 0.408. The Balaban J connectivity index is 2.58. The Morgan fingerprint density at radius 1 is 0.550 bits per heavy atom. The third kappa shape index (κ3) is 2.51. The second-order valence-electron chi connectivity index (χ2n) is 5.29. The van der Waals surface area contributed by atoms with Gasteiger partial charge in [0.2, 0.25) is 0 Å². The smallest absolute Gasteiger partial charge is 0.124 e. The van der Waals surface area contributed by atoms with Gasteiger partial charge in [0.1, 0.15) is 11.5 Å². The molecular weight excluding hydrogens is 248 g/mol. The molecule has 2 heteroatoms. The molecule has 2 nitrogen and oxygen atoms in total. The largest absolute Gasteiger partial charge is 0.496 e. The van der Waals surface area contributed by atoms with E-state index in [-0.39, 0.29) is 0 Å². The molecule has 0 aromatic heterocycles. The molecule has 0 aliphatic carbocycles. The molecule has 0 N–H and O–H groups in total. The summed E-state index contributed by atoms with van der Waals surface area (Å²) in [5.74, 6) is 1.94. The molecule has 0 saturated heterocycles. The summed E-state index contributed by atoms with van der Waals surface area (Å²) in [6.07, 6.45) is 0. The van der Waals surface area contributed by atoms with Crippen LogP contribution in [0, 0.1) is 27.7 Å². The van der Waals surface area contributed by atoms with Crippen LogP contribution in [0.3, 0.4) is 0 Å². The molecule has 0 aliphatic heterocycles. The fourth-order valence-electron chi connectivity index (χ4n) is 2.88. The van der Waals surface area contributed by atoms with Crippen molar-refractivity contribution in [3.63, 3.8) is 0 Å². The second-order valence-corrected chi connectivity index (χ2v) is 5.29. The van der Waals surface area contributed by atoms with E-state index in [9.17, 15) is 0 Å². The van der Waals surface area contributed by atoms with E-state index in [2.05, 4.69) is 52.0 Å². The van der Waals surface area contributed by atoms with Crippen LogP contribution >= 0.6 is 0 Å². The molecule has 0 unspecified atom stereocenters. The van der Waals surface area contributed by atoms with Gasteiger partial charge in [-0.05, 0) is 85.3 Å². The van der Waals surface area contributed by atoms with E-state index in [4.69, 9.17) is 9.47 Å². The van der Waals surface area contributed by atoms with E-state index in [1.165, 1.54) is 11.1 Å². The van der Waals surface area contributed by atoms with E-state index in [1.807, 2.05) is 0 Å². The van der Waals surface area contributed by atoms with Crippen molar-refractivity contribution in [2.75, 3.05) is 14.2 Å². The van der Waals surface area contributed by atoms with E-state index < -0.39 is 0 Å². The zero-order chi connectivity index (χ0) is 14.9. The van der Waals surface area contributed by atoms with Crippen molar-refractivity contribution in [2.24, 2.45) is 0 Å². The fraction of sp³-hybridized carbons (Fsp3) is 0.333. The van der Waals surface area contributed by atoms with Gasteiger partial charge in [-0.15, -0.1) is 0 Å². The van der Waals surface area contributed by atoms with E-state index in [1.54, 1.807) is 14.2 Å². The molecule has 0 heterocycles. The molecule has 2 aromatic carbocycles. The van der Waals surface area contributed by atoms with Gasteiger partial charge in [-0.3, -0.25) is 0 Å². The number of hydrogen-bond acceptors (Lipinski definition) is 2. The first-order valence-electron chi connectivity index (χ1n) is 6.78. The Kier molecular flexibility index (Phi) is 4.03. The van der Waals surface area contributed by atoms with Gasteiger partial charge in [0, 0.05) is 0 Å². The first-order chi connectivity index (χ1) is 9.47. The van der Waals surface area contributed by atoms with E-state index >= 15 is 0 Å². The summed E-state index contributed by atoms with van der Waals surface area (Å²) in [4.78, 5) is 0. The Hall–Kier alpha value is -1.96. The number of ether oxygens (including phenoxy) is 2. The number of rotatable bonds is 3. The fourth-order valence-corrected chi connectivity index (χ4v) is 2.88. The van der Waals surface area contributed by atoms with Gasteiger partial charge in [-0.2, -0.15) is 0 Å². The second kappa shape index (κ2) is 5.58. The Bertz CT molecular complexity index is 538. The maximum absolute atomic E-state index is 5.43. The lowest BCUT2D eigenvalue weighted by Gasteiger charge is -2.14. The SMILES string of the molecule is COc1c(C)cc(-c2cc(C)c(OC)c(C)c2)cc1C. The molecule has 2 aromatic rings. The number of aryl methyl sites for hydroxylation is 4. The molecule has 0 saturated carbocycles. The van der Waals surface area contributed by atoms with Gasteiger partial charge >= 0.3 is 0 Å². The molecule has 0 aliphatic rings. The van der Waals surface area contributed by atoms with Crippen molar-refractivity contribution in [1.29, 1.82) is 0 Å². The first kappa shape index (κ1) is 14.4. The monoisotopic (exact) mass is 270 g/mol. The molecular formula is C18H22O2. The Morgan fingerprint density at radius 2 is 0.800 bits per heavy atom. The summed E-state index contributed by atoms with van der Waals surface area (Å²) in [6.45, 7) is 8.33. The molecule has 0 bridgehead atoms. The quantitative estimate of drug-likeness (QED) is 0.811. The summed E-state index contributed by atoms with van der Waals surface area (Å²) in [6, 6.07) is 8.69. The molecule has 2 rings (SSSR count). The van der Waals surface area contributed by atoms with Crippen LogP contribution in [0.15, 0.2) is 24.3 Å². The van der Waals surface area contributed by atoms with Crippen LogP contribution in [-0.2, 0) is 0 Å². The minimum atomic E-state index is 0.968. The Labute approximate surface area is 121 Å². The standard InChI is InChI=1S/C18H22O2/c1-11-7-15(8-12(2)17(11)19-5)16-9-13(3)18(20-6)14(4)10-16/h7-10H,1-6H3. The summed E-state index contributed by atoms with van der Waals surface area (Å²) < 4.78 is 10.9. The molecule has 0 radical (unpaired) electrons. The zero-order valence-electron chi connectivity index (χ0n) is 13.1. The minimum Gasteiger partial charge on any atom is -0.496 e. The molecule has 0 atom stereocenters. The molecule has 0 fully saturated rings. The van der Waals surface area contributed by atoms with Crippen molar-refractivity contribution < 1.29 is 9.47 Å². The van der Waals surface area contributed by atoms with Crippen LogP contribution in [0.4, 0.5) is 0 Å². The predicted octanol–water partition coefficient (Wildman–Crippen LogP) is 4.60. The molecule has 0 spiro atoms.